The van der Waals surface area contributed by atoms with Crippen LogP contribution >= 0.6 is 0 Å². The fraction of sp³-hybridized carbons (Fsp3) is 0.632. The van der Waals surface area contributed by atoms with E-state index in [9.17, 15) is 14.4 Å². The first-order chi connectivity index (χ1) is 31.0. The molecule has 0 amide bonds. The number of carbonyl (C=O) groups is 3. The predicted octanol–water partition coefficient (Wildman–Crippen LogP) is 16.8. The van der Waals surface area contributed by atoms with Crippen molar-refractivity contribution >= 4 is 17.9 Å². The summed E-state index contributed by atoms with van der Waals surface area (Å²) in [5.74, 6) is -1.11. The number of allylic oxidation sites excluding steroid dienone is 17. The first-order valence-corrected chi connectivity index (χ1v) is 25.4. The molecule has 0 rings (SSSR count). The molecule has 0 saturated heterocycles. The number of rotatable bonds is 44. The van der Waals surface area contributed by atoms with E-state index in [2.05, 4.69) is 118 Å². The Morgan fingerprint density at radius 1 is 0.349 bits per heavy atom. The van der Waals surface area contributed by atoms with Gasteiger partial charge in [-0.15, -0.1) is 0 Å². The highest BCUT2D eigenvalue weighted by molar-refractivity contribution is 5.72. The first-order valence-electron chi connectivity index (χ1n) is 25.4. The van der Waals surface area contributed by atoms with Gasteiger partial charge in [-0.2, -0.15) is 0 Å². The van der Waals surface area contributed by atoms with Crippen molar-refractivity contribution in [2.75, 3.05) is 13.2 Å². The predicted molar refractivity (Wildman–Crippen MR) is 270 cm³/mol. The SMILES string of the molecule is CC/C=C\C/C=C\C/C=C\C/C=C\C/C=C\CC(=O)OCC(COC(=O)CCCCCCCCCCCCCCCCC)OC(=O)CCCC/C=C\C/C=C\C/C=C\C/C=C\CC. The van der Waals surface area contributed by atoms with Gasteiger partial charge in [0.2, 0.25) is 0 Å². The summed E-state index contributed by atoms with van der Waals surface area (Å²) in [5, 5.41) is 0. The van der Waals surface area contributed by atoms with Gasteiger partial charge < -0.3 is 14.2 Å². The van der Waals surface area contributed by atoms with Crippen LogP contribution in [0.1, 0.15) is 213 Å². The quantitative estimate of drug-likeness (QED) is 0.0263. The largest absolute Gasteiger partial charge is 0.462 e. The molecule has 0 radical (unpaired) electrons. The van der Waals surface area contributed by atoms with Gasteiger partial charge in [0.25, 0.3) is 0 Å². The molecule has 0 aromatic heterocycles. The van der Waals surface area contributed by atoms with Crippen LogP contribution < -0.4 is 0 Å². The summed E-state index contributed by atoms with van der Waals surface area (Å²) in [5.41, 5.74) is 0. The Labute approximate surface area is 387 Å². The molecule has 0 aromatic rings. The zero-order valence-corrected chi connectivity index (χ0v) is 40.5. The van der Waals surface area contributed by atoms with E-state index in [1.807, 2.05) is 6.08 Å². The Hall–Kier alpha value is -3.93. The van der Waals surface area contributed by atoms with Gasteiger partial charge in [0.1, 0.15) is 13.2 Å². The normalized spacial score (nSPS) is 13.0. The van der Waals surface area contributed by atoms with E-state index < -0.39 is 12.1 Å². The third-order valence-corrected chi connectivity index (χ3v) is 10.3. The van der Waals surface area contributed by atoms with Gasteiger partial charge in [-0.25, -0.2) is 0 Å². The molecule has 0 bridgehead atoms. The second-order valence-electron chi connectivity index (χ2n) is 16.3. The summed E-state index contributed by atoms with van der Waals surface area (Å²) in [4.78, 5) is 37.9. The molecule has 356 valence electrons. The lowest BCUT2D eigenvalue weighted by Crippen LogP contribution is -2.30. The van der Waals surface area contributed by atoms with Gasteiger partial charge in [0, 0.05) is 12.8 Å². The number of esters is 3. The zero-order chi connectivity index (χ0) is 45.8. The van der Waals surface area contributed by atoms with Crippen LogP contribution in [-0.4, -0.2) is 37.2 Å². The Morgan fingerprint density at radius 2 is 0.683 bits per heavy atom. The molecule has 0 fully saturated rings. The molecular weight excluding hydrogens is 781 g/mol. The third-order valence-electron chi connectivity index (χ3n) is 10.3. The highest BCUT2D eigenvalue weighted by atomic mass is 16.6. The second kappa shape index (κ2) is 50.7. The fourth-order valence-electron chi connectivity index (χ4n) is 6.56. The number of carbonyl (C=O) groups excluding carboxylic acids is 3. The van der Waals surface area contributed by atoms with Crippen molar-refractivity contribution in [3.05, 3.63) is 109 Å². The minimum Gasteiger partial charge on any atom is -0.462 e. The van der Waals surface area contributed by atoms with Gasteiger partial charge in [0.05, 0.1) is 6.42 Å². The third kappa shape index (κ3) is 49.0. The summed E-state index contributed by atoms with van der Waals surface area (Å²) in [6.07, 6.45) is 68.1. The van der Waals surface area contributed by atoms with Crippen LogP contribution in [-0.2, 0) is 28.6 Å². The molecule has 0 spiro atoms. The highest BCUT2D eigenvalue weighted by Gasteiger charge is 2.19. The Balaban J connectivity index is 4.58. The smallest absolute Gasteiger partial charge is 0.309 e. The van der Waals surface area contributed by atoms with E-state index in [4.69, 9.17) is 14.2 Å². The number of ether oxygens (including phenoxy) is 3. The maximum atomic E-state index is 12.8. The Kier molecular flexibility index (Phi) is 47.5. The highest BCUT2D eigenvalue weighted by Crippen LogP contribution is 2.14. The van der Waals surface area contributed by atoms with Gasteiger partial charge in [-0.3, -0.25) is 14.4 Å². The summed E-state index contributed by atoms with van der Waals surface area (Å²) in [6.45, 7) is 6.27. The molecular formula is C57H92O6. The van der Waals surface area contributed by atoms with Crippen molar-refractivity contribution in [1.82, 2.24) is 0 Å². The van der Waals surface area contributed by atoms with Crippen molar-refractivity contribution in [2.24, 2.45) is 0 Å². The summed E-state index contributed by atoms with van der Waals surface area (Å²) in [6, 6.07) is 0. The molecule has 0 aliphatic rings. The average molecular weight is 873 g/mol. The molecule has 0 aliphatic heterocycles. The maximum absolute atomic E-state index is 12.8. The van der Waals surface area contributed by atoms with E-state index in [1.54, 1.807) is 6.08 Å². The molecule has 0 aromatic carbocycles. The van der Waals surface area contributed by atoms with Crippen molar-refractivity contribution in [2.45, 2.75) is 219 Å². The summed E-state index contributed by atoms with van der Waals surface area (Å²) >= 11 is 0. The van der Waals surface area contributed by atoms with Crippen LogP contribution in [0, 0.1) is 0 Å². The van der Waals surface area contributed by atoms with Crippen molar-refractivity contribution < 1.29 is 28.6 Å². The molecule has 0 N–H and O–H groups in total. The Morgan fingerprint density at radius 3 is 1.11 bits per heavy atom. The topological polar surface area (TPSA) is 78.9 Å². The van der Waals surface area contributed by atoms with Crippen LogP contribution in [0.5, 0.6) is 0 Å². The van der Waals surface area contributed by atoms with E-state index in [1.165, 1.54) is 77.0 Å². The maximum Gasteiger partial charge on any atom is 0.309 e. The van der Waals surface area contributed by atoms with Gasteiger partial charge in [-0.1, -0.05) is 220 Å². The minimum absolute atomic E-state index is 0.116. The standard InChI is InChI=1S/C57H92O6/c1-4-7-10-13-16-19-22-25-28-31-34-37-40-43-46-49-55(58)61-52-54(63-57(60)51-48-45-42-39-36-33-30-27-24-21-18-15-12-9-6-3)53-62-56(59)50-47-44-41-38-35-32-29-26-23-20-17-14-11-8-5-2/h7,9-10,12,16,18-19,21,25,27-28,30,34,36-37,39,43,46,54H,4-6,8,11,13-15,17,20,22-24,26,29,31-33,35,38,40-42,44-45,47-53H2,1-3H3/b10-7-,12-9-,19-16-,21-18-,28-25-,30-27-,37-34-,39-36-,46-43-. The summed E-state index contributed by atoms with van der Waals surface area (Å²) < 4.78 is 16.6. The molecule has 0 saturated carbocycles. The van der Waals surface area contributed by atoms with Crippen molar-refractivity contribution in [1.29, 1.82) is 0 Å². The number of unbranched alkanes of at least 4 members (excludes halogenated alkanes) is 16. The number of hydrogen-bond donors (Lipinski definition) is 0. The Bertz CT molecular complexity index is 1330. The van der Waals surface area contributed by atoms with Crippen LogP contribution in [0.15, 0.2) is 109 Å². The summed E-state index contributed by atoms with van der Waals surface area (Å²) in [7, 11) is 0. The number of hydrogen-bond acceptors (Lipinski definition) is 6. The molecule has 6 nitrogen and oxygen atoms in total. The van der Waals surface area contributed by atoms with Crippen LogP contribution in [0.2, 0.25) is 0 Å². The van der Waals surface area contributed by atoms with Crippen molar-refractivity contribution in [3.8, 4) is 0 Å². The lowest BCUT2D eigenvalue weighted by molar-refractivity contribution is -0.166. The second-order valence-corrected chi connectivity index (χ2v) is 16.3. The van der Waals surface area contributed by atoms with E-state index >= 15 is 0 Å². The molecule has 6 heteroatoms. The van der Waals surface area contributed by atoms with Gasteiger partial charge in [-0.05, 0) is 83.5 Å². The zero-order valence-electron chi connectivity index (χ0n) is 40.5. The van der Waals surface area contributed by atoms with E-state index in [-0.39, 0.29) is 38.0 Å². The first kappa shape index (κ1) is 59.1. The lowest BCUT2D eigenvalue weighted by atomic mass is 10.0. The molecule has 0 heterocycles. The van der Waals surface area contributed by atoms with Crippen LogP contribution in [0.4, 0.5) is 0 Å². The average Bonchev–Trinajstić information content (AvgIpc) is 3.28. The molecule has 1 unspecified atom stereocenters. The van der Waals surface area contributed by atoms with E-state index in [0.29, 0.717) is 12.8 Å². The van der Waals surface area contributed by atoms with Gasteiger partial charge >= 0.3 is 17.9 Å². The van der Waals surface area contributed by atoms with Crippen molar-refractivity contribution in [3.63, 3.8) is 0 Å². The van der Waals surface area contributed by atoms with Crippen LogP contribution in [0.3, 0.4) is 0 Å². The molecule has 1 atom stereocenters. The lowest BCUT2D eigenvalue weighted by Gasteiger charge is -2.18. The van der Waals surface area contributed by atoms with E-state index in [0.717, 1.165) is 89.9 Å². The van der Waals surface area contributed by atoms with Gasteiger partial charge in [0.15, 0.2) is 6.10 Å². The molecule has 63 heavy (non-hydrogen) atoms. The monoisotopic (exact) mass is 873 g/mol. The minimum atomic E-state index is -0.839. The van der Waals surface area contributed by atoms with Crippen LogP contribution in [0.25, 0.3) is 0 Å². The fourth-order valence-corrected chi connectivity index (χ4v) is 6.56. The molecule has 0 aliphatic carbocycles.